The Bertz CT molecular complexity index is 533. The minimum absolute atomic E-state index is 0.0580. The zero-order valence-corrected chi connectivity index (χ0v) is 10.0. The SMILES string of the molecule is Cc1cc(C)nc(N2N=C(C(=O)O)CCC2=O)n1. The van der Waals surface area contributed by atoms with Gasteiger partial charge in [0.25, 0.3) is 11.9 Å². The fraction of sp³-hybridized carbons (Fsp3) is 0.364. The Kier molecular flexibility index (Phi) is 3.05. The lowest BCUT2D eigenvalue weighted by molar-refractivity contribution is -0.129. The molecule has 1 N–H and O–H groups in total. The highest BCUT2D eigenvalue weighted by molar-refractivity contribution is 6.37. The van der Waals surface area contributed by atoms with Crippen LogP contribution in [0.1, 0.15) is 24.2 Å². The molecule has 7 nitrogen and oxygen atoms in total. The smallest absolute Gasteiger partial charge is 0.352 e. The standard InChI is InChI=1S/C11H12N4O3/c1-6-5-7(2)13-11(12-6)15-9(16)4-3-8(14-15)10(17)18/h5H,3-4H2,1-2H3,(H,17,18). The molecule has 1 aliphatic rings. The van der Waals surface area contributed by atoms with E-state index < -0.39 is 5.97 Å². The highest BCUT2D eigenvalue weighted by Gasteiger charge is 2.27. The molecule has 0 radical (unpaired) electrons. The Morgan fingerprint density at radius 2 is 1.89 bits per heavy atom. The summed E-state index contributed by atoms with van der Waals surface area (Å²) in [5.41, 5.74) is 1.34. The molecule has 2 heterocycles. The van der Waals surface area contributed by atoms with Crippen LogP contribution in [0.3, 0.4) is 0 Å². The zero-order chi connectivity index (χ0) is 13.3. The molecule has 7 heteroatoms. The predicted octanol–water partition coefficient (Wildman–Crippen LogP) is 0.661. The van der Waals surface area contributed by atoms with Crippen molar-refractivity contribution >= 4 is 23.5 Å². The summed E-state index contributed by atoms with van der Waals surface area (Å²) in [5.74, 6) is -1.31. The van der Waals surface area contributed by atoms with Crippen LogP contribution in [-0.4, -0.2) is 32.7 Å². The van der Waals surface area contributed by atoms with Crippen LogP contribution in [0.15, 0.2) is 11.2 Å². The number of aliphatic carboxylic acids is 1. The van der Waals surface area contributed by atoms with Gasteiger partial charge >= 0.3 is 5.97 Å². The number of amides is 1. The van der Waals surface area contributed by atoms with Gasteiger partial charge in [-0.2, -0.15) is 10.1 Å². The Hall–Kier alpha value is -2.31. The van der Waals surface area contributed by atoms with E-state index in [0.29, 0.717) is 11.4 Å². The minimum atomic E-state index is -1.13. The molecule has 1 amide bonds. The first-order valence-electron chi connectivity index (χ1n) is 5.43. The highest BCUT2D eigenvalue weighted by atomic mass is 16.4. The quantitative estimate of drug-likeness (QED) is 0.829. The first-order chi connectivity index (χ1) is 8.47. The summed E-state index contributed by atoms with van der Waals surface area (Å²) >= 11 is 0. The second-order valence-electron chi connectivity index (χ2n) is 4.01. The third-order valence-corrected chi connectivity index (χ3v) is 2.44. The molecule has 94 valence electrons. The van der Waals surface area contributed by atoms with Crippen molar-refractivity contribution < 1.29 is 14.7 Å². The van der Waals surface area contributed by atoms with Gasteiger partial charge in [0.2, 0.25) is 0 Å². The maximum atomic E-state index is 11.7. The molecule has 0 atom stereocenters. The van der Waals surface area contributed by atoms with Gasteiger partial charge in [-0.1, -0.05) is 0 Å². The van der Waals surface area contributed by atoms with Crippen molar-refractivity contribution in [2.75, 3.05) is 5.01 Å². The summed E-state index contributed by atoms with van der Waals surface area (Å²) in [4.78, 5) is 30.8. The number of hydrazone groups is 1. The van der Waals surface area contributed by atoms with Crippen LogP contribution in [-0.2, 0) is 9.59 Å². The van der Waals surface area contributed by atoms with E-state index in [1.807, 2.05) is 0 Å². The Morgan fingerprint density at radius 3 is 2.44 bits per heavy atom. The number of hydrogen-bond donors (Lipinski definition) is 1. The molecular weight excluding hydrogens is 236 g/mol. The van der Waals surface area contributed by atoms with Crippen molar-refractivity contribution in [1.29, 1.82) is 0 Å². The molecule has 0 saturated carbocycles. The van der Waals surface area contributed by atoms with Crippen molar-refractivity contribution in [3.63, 3.8) is 0 Å². The van der Waals surface area contributed by atoms with Gasteiger partial charge < -0.3 is 5.11 Å². The summed E-state index contributed by atoms with van der Waals surface area (Å²) in [6, 6.07) is 1.76. The Balaban J connectivity index is 2.44. The lowest BCUT2D eigenvalue weighted by Crippen LogP contribution is -2.35. The fourth-order valence-electron chi connectivity index (χ4n) is 1.67. The average Bonchev–Trinajstić information content (AvgIpc) is 2.27. The number of carboxylic acid groups (broad SMARTS) is 1. The molecule has 2 rings (SSSR count). The van der Waals surface area contributed by atoms with E-state index in [9.17, 15) is 9.59 Å². The monoisotopic (exact) mass is 248 g/mol. The summed E-state index contributed by atoms with van der Waals surface area (Å²) in [7, 11) is 0. The molecule has 0 saturated heterocycles. The Morgan fingerprint density at radius 1 is 1.28 bits per heavy atom. The number of carbonyl (C=O) groups is 2. The van der Waals surface area contributed by atoms with E-state index in [0.717, 1.165) is 5.01 Å². The molecule has 1 aliphatic heterocycles. The van der Waals surface area contributed by atoms with Crippen LogP contribution in [0.4, 0.5) is 5.95 Å². The molecule has 1 aromatic rings. The van der Waals surface area contributed by atoms with Gasteiger partial charge in [0.1, 0.15) is 5.71 Å². The number of carboxylic acids is 1. The molecule has 0 aromatic carbocycles. The number of rotatable bonds is 2. The van der Waals surface area contributed by atoms with Crippen LogP contribution < -0.4 is 5.01 Å². The summed E-state index contributed by atoms with van der Waals surface area (Å²) in [6.07, 6.45) is 0.233. The first-order valence-corrected chi connectivity index (χ1v) is 5.43. The molecule has 18 heavy (non-hydrogen) atoms. The van der Waals surface area contributed by atoms with Gasteiger partial charge in [0.15, 0.2) is 0 Å². The van der Waals surface area contributed by atoms with E-state index in [4.69, 9.17) is 5.11 Å². The minimum Gasteiger partial charge on any atom is -0.477 e. The third-order valence-electron chi connectivity index (χ3n) is 2.44. The fourth-order valence-corrected chi connectivity index (χ4v) is 1.67. The lowest BCUT2D eigenvalue weighted by atomic mass is 10.2. The second kappa shape index (κ2) is 4.52. The van der Waals surface area contributed by atoms with Gasteiger partial charge in [-0.05, 0) is 19.9 Å². The van der Waals surface area contributed by atoms with Gasteiger partial charge in [0.05, 0.1) is 0 Å². The number of aromatic nitrogens is 2. The zero-order valence-electron chi connectivity index (χ0n) is 10.0. The summed E-state index contributed by atoms with van der Waals surface area (Å²) in [6.45, 7) is 3.54. The van der Waals surface area contributed by atoms with Crippen LogP contribution in [0, 0.1) is 13.8 Å². The second-order valence-corrected chi connectivity index (χ2v) is 4.01. The van der Waals surface area contributed by atoms with E-state index in [-0.39, 0.29) is 30.4 Å². The van der Waals surface area contributed by atoms with Crippen LogP contribution in [0.5, 0.6) is 0 Å². The number of hydrogen-bond acceptors (Lipinski definition) is 5. The van der Waals surface area contributed by atoms with Crippen molar-refractivity contribution in [1.82, 2.24) is 9.97 Å². The van der Waals surface area contributed by atoms with Gasteiger partial charge in [-0.15, -0.1) is 0 Å². The number of anilines is 1. The van der Waals surface area contributed by atoms with E-state index in [2.05, 4.69) is 15.1 Å². The van der Waals surface area contributed by atoms with Gasteiger partial charge in [-0.25, -0.2) is 14.8 Å². The lowest BCUT2D eigenvalue weighted by Gasteiger charge is -2.20. The largest absolute Gasteiger partial charge is 0.477 e. The highest BCUT2D eigenvalue weighted by Crippen LogP contribution is 2.17. The van der Waals surface area contributed by atoms with Crippen molar-refractivity contribution in [2.24, 2.45) is 5.10 Å². The average molecular weight is 248 g/mol. The van der Waals surface area contributed by atoms with Gasteiger partial charge in [0, 0.05) is 24.2 Å². The van der Waals surface area contributed by atoms with Crippen molar-refractivity contribution in [2.45, 2.75) is 26.7 Å². The van der Waals surface area contributed by atoms with Crippen LogP contribution in [0.2, 0.25) is 0 Å². The summed E-state index contributed by atoms with van der Waals surface area (Å²) in [5, 5.41) is 13.6. The maximum absolute atomic E-state index is 11.7. The maximum Gasteiger partial charge on any atom is 0.352 e. The molecule has 0 spiro atoms. The van der Waals surface area contributed by atoms with Crippen molar-refractivity contribution in [3.05, 3.63) is 17.5 Å². The normalized spacial score (nSPS) is 15.6. The molecule has 1 aromatic heterocycles. The topological polar surface area (TPSA) is 95.8 Å². The molecule has 0 fully saturated rings. The van der Waals surface area contributed by atoms with Crippen LogP contribution >= 0.6 is 0 Å². The van der Waals surface area contributed by atoms with E-state index in [1.54, 1.807) is 19.9 Å². The molecule has 0 bridgehead atoms. The Labute approximate surface area is 103 Å². The number of carbonyl (C=O) groups excluding carboxylic acids is 1. The van der Waals surface area contributed by atoms with Crippen molar-refractivity contribution in [3.8, 4) is 0 Å². The number of aryl methyl sites for hydroxylation is 2. The number of nitrogens with zero attached hydrogens (tertiary/aromatic N) is 4. The van der Waals surface area contributed by atoms with Crippen LogP contribution in [0.25, 0.3) is 0 Å². The predicted molar refractivity (Wildman–Crippen MR) is 63.3 cm³/mol. The van der Waals surface area contributed by atoms with Gasteiger partial charge in [-0.3, -0.25) is 4.79 Å². The molecular formula is C11H12N4O3. The van der Waals surface area contributed by atoms with E-state index >= 15 is 0 Å². The first kappa shape index (κ1) is 12.2. The van der Waals surface area contributed by atoms with E-state index in [1.165, 1.54) is 0 Å². The molecule has 0 unspecified atom stereocenters. The summed E-state index contributed by atoms with van der Waals surface area (Å²) < 4.78 is 0. The third kappa shape index (κ3) is 2.34. The molecule has 0 aliphatic carbocycles.